The third-order valence-electron chi connectivity index (χ3n) is 4.69. The summed E-state index contributed by atoms with van der Waals surface area (Å²) in [7, 11) is 1.65. The Balaban J connectivity index is 1.51. The first-order valence-corrected chi connectivity index (χ1v) is 9.97. The molecule has 8 nitrogen and oxygen atoms in total. The lowest BCUT2D eigenvalue weighted by molar-refractivity contribution is 0.146. The smallest absolute Gasteiger partial charge is 0.221 e. The van der Waals surface area contributed by atoms with E-state index in [1.165, 1.54) is 0 Å². The molecule has 0 fully saturated rings. The molecule has 0 spiro atoms. The van der Waals surface area contributed by atoms with E-state index in [-0.39, 0.29) is 5.95 Å². The molecule has 4 aromatic rings. The lowest BCUT2D eigenvalue weighted by atomic mass is 10.1. The number of anilines is 1. The minimum absolute atomic E-state index is 0.155. The van der Waals surface area contributed by atoms with Crippen molar-refractivity contribution in [2.45, 2.75) is 6.54 Å². The maximum atomic E-state index is 5.96. The zero-order valence-corrected chi connectivity index (χ0v) is 17.6. The van der Waals surface area contributed by atoms with Gasteiger partial charge < -0.3 is 15.2 Å². The summed E-state index contributed by atoms with van der Waals surface area (Å²) >= 11 is 0. The quantitative estimate of drug-likeness (QED) is 0.341. The van der Waals surface area contributed by atoms with Crippen molar-refractivity contribution < 1.29 is 9.47 Å². The summed E-state index contributed by atoms with van der Waals surface area (Å²) in [5.41, 5.74) is 10.5. The lowest BCUT2D eigenvalue weighted by Gasteiger charge is -2.06. The third kappa shape index (κ3) is 5.09. The van der Waals surface area contributed by atoms with Crippen molar-refractivity contribution in [3.05, 3.63) is 71.9 Å². The number of nitrogens with two attached hydrogens (primary N) is 1. The van der Waals surface area contributed by atoms with E-state index >= 15 is 0 Å². The summed E-state index contributed by atoms with van der Waals surface area (Å²) in [6.07, 6.45) is 7.33. The SMILES string of the molecule is C#Cc1cccc(-c2cc(-c3cn(Cc4ccc(OCCOC)cc4)nn3)nc(N)n2)c1. The number of methoxy groups -OCH3 is 1. The molecule has 2 N–H and O–H groups in total. The van der Waals surface area contributed by atoms with Crippen molar-refractivity contribution >= 4 is 5.95 Å². The Morgan fingerprint density at radius 3 is 2.59 bits per heavy atom. The first-order valence-electron chi connectivity index (χ1n) is 9.97. The summed E-state index contributed by atoms with van der Waals surface area (Å²) < 4.78 is 12.3. The molecule has 0 bridgehead atoms. The minimum Gasteiger partial charge on any atom is -0.491 e. The van der Waals surface area contributed by atoms with E-state index in [1.54, 1.807) is 11.8 Å². The molecule has 0 saturated heterocycles. The number of terminal acetylenes is 1. The van der Waals surface area contributed by atoms with E-state index in [2.05, 4.69) is 26.2 Å². The molecule has 2 aromatic carbocycles. The second-order valence-corrected chi connectivity index (χ2v) is 7.01. The van der Waals surface area contributed by atoms with Crippen LogP contribution in [0.1, 0.15) is 11.1 Å². The number of aromatic nitrogens is 5. The van der Waals surface area contributed by atoms with Crippen molar-refractivity contribution in [2.75, 3.05) is 26.1 Å². The van der Waals surface area contributed by atoms with Crippen molar-refractivity contribution in [2.24, 2.45) is 0 Å². The zero-order chi connectivity index (χ0) is 22.3. The summed E-state index contributed by atoms with van der Waals surface area (Å²) in [5.74, 6) is 3.58. The molecule has 4 rings (SSSR count). The van der Waals surface area contributed by atoms with Gasteiger partial charge in [-0.1, -0.05) is 35.4 Å². The number of ether oxygens (including phenoxy) is 2. The highest BCUT2D eigenvalue weighted by molar-refractivity contribution is 5.68. The predicted molar refractivity (Wildman–Crippen MR) is 122 cm³/mol. The zero-order valence-electron chi connectivity index (χ0n) is 17.6. The number of rotatable bonds is 8. The Hall–Kier alpha value is -4.22. The molecule has 32 heavy (non-hydrogen) atoms. The molecule has 0 aliphatic heterocycles. The normalized spacial score (nSPS) is 10.6. The van der Waals surface area contributed by atoms with Gasteiger partial charge in [0.1, 0.15) is 18.1 Å². The van der Waals surface area contributed by atoms with Crippen molar-refractivity contribution in [3.63, 3.8) is 0 Å². The van der Waals surface area contributed by atoms with Gasteiger partial charge in [0.25, 0.3) is 0 Å². The fourth-order valence-electron chi connectivity index (χ4n) is 3.13. The molecule has 8 heteroatoms. The van der Waals surface area contributed by atoms with Gasteiger partial charge in [-0.2, -0.15) is 0 Å². The fourth-order valence-corrected chi connectivity index (χ4v) is 3.13. The van der Waals surface area contributed by atoms with Crippen LogP contribution in [-0.4, -0.2) is 45.3 Å². The van der Waals surface area contributed by atoms with Crippen molar-refractivity contribution in [3.8, 4) is 40.7 Å². The van der Waals surface area contributed by atoms with Crippen LogP contribution in [0.5, 0.6) is 5.75 Å². The Morgan fingerprint density at radius 1 is 1.00 bits per heavy atom. The van der Waals surface area contributed by atoms with Gasteiger partial charge in [0.2, 0.25) is 5.95 Å². The largest absolute Gasteiger partial charge is 0.491 e. The molecule has 160 valence electrons. The highest BCUT2D eigenvalue weighted by Crippen LogP contribution is 2.24. The number of hydrogen-bond donors (Lipinski definition) is 1. The molecule has 0 amide bonds. The molecule has 0 radical (unpaired) electrons. The van der Waals surface area contributed by atoms with E-state index in [0.717, 1.165) is 22.4 Å². The maximum Gasteiger partial charge on any atom is 0.221 e. The van der Waals surface area contributed by atoms with Gasteiger partial charge in [0.15, 0.2) is 0 Å². The van der Waals surface area contributed by atoms with Crippen LogP contribution >= 0.6 is 0 Å². The van der Waals surface area contributed by atoms with Crippen LogP contribution in [0.25, 0.3) is 22.6 Å². The van der Waals surface area contributed by atoms with Gasteiger partial charge in [-0.15, -0.1) is 11.5 Å². The van der Waals surface area contributed by atoms with Crippen LogP contribution in [0, 0.1) is 12.3 Å². The van der Waals surface area contributed by atoms with Crippen LogP contribution in [0.15, 0.2) is 60.8 Å². The van der Waals surface area contributed by atoms with Gasteiger partial charge in [0.05, 0.1) is 30.7 Å². The maximum absolute atomic E-state index is 5.96. The summed E-state index contributed by atoms with van der Waals surface area (Å²) in [6, 6.07) is 17.2. The fraction of sp³-hybridized carbons (Fsp3) is 0.167. The second-order valence-electron chi connectivity index (χ2n) is 7.01. The minimum atomic E-state index is 0.155. The van der Waals surface area contributed by atoms with E-state index in [1.807, 2.05) is 60.8 Å². The van der Waals surface area contributed by atoms with E-state index in [4.69, 9.17) is 21.6 Å². The molecule has 0 aliphatic rings. The van der Waals surface area contributed by atoms with Gasteiger partial charge >= 0.3 is 0 Å². The van der Waals surface area contributed by atoms with Crippen molar-refractivity contribution in [1.82, 2.24) is 25.0 Å². The molecular weight excluding hydrogens is 404 g/mol. The number of nitrogen functional groups attached to an aromatic ring is 1. The second kappa shape index (κ2) is 9.73. The molecule has 0 atom stereocenters. The van der Waals surface area contributed by atoms with Gasteiger partial charge in [-0.25, -0.2) is 14.6 Å². The molecule has 0 aliphatic carbocycles. The van der Waals surface area contributed by atoms with Crippen LogP contribution in [-0.2, 0) is 11.3 Å². The molecule has 2 heterocycles. The van der Waals surface area contributed by atoms with Gasteiger partial charge in [-0.05, 0) is 35.9 Å². The Kier molecular flexibility index (Phi) is 6.39. The van der Waals surface area contributed by atoms with Crippen LogP contribution in [0.4, 0.5) is 5.95 Å². The lowest BCUT2D eigenvalue weighted by Crippen LogP contribution is -2.04. The molecule has 0 saturated carbocycles. The first-order chi connectivity index (χ1) is 15.6. The molecule has 2 aromatic heterocycles. The Labute approximate surface area is 186 Å². The first kappa shape index (κ1) is 21.0. The third-order valence-corrected chi connectivity index (χ3v) is 4.69. The topological polar surface area (TPSA) is 101 Å². The summed E-state index contributed by atoms with van der Waals surface area (Å²) in [6.45, 7) is 1.62. The average molecular weight is 426 g/mol. The molecular formula is C24H22N6O2. The number of nitrogens with zero attached hydrogens (tertiary/aromatic N) is 5. The highest BCUT2D eigenvalue weighted by Gasteiger charge is 2.11. The standard InChI is InChI=1S/C24H22N6O2/c1-3-17-5-4-6-19(13-17)21-14-22(27-24(25)26-21)23-16-30(29-28-23)15-18-7-9-20(10-8-18)32-12-11-31-2/h1,4-10,13-14,16H,11-12,15H2,2H3,(H2,25,26,27). The predicted octanol–water partition coefficient (Wildman–Crippen LogP) is 3.04. The van der Waals surface area contributed by atoms with Crippen molar-refractivity contribution in [1.29, 1.82) is 0 Å². The number of hydrogen-bond acceptors (Lipinski definition) is 7. The number of benzene rings is 2. The summed E-state index contributed by atoms with van der Waals surface area (Å²) in [4.78, 5) is 8.66. The Bertz CT molecular complexity index is 1240. The van der Waals surface area contributed by atoms with Crippen LogP contribution in [0.2, 0.25) is 0 Å². The molecule has 0 unspecified atom stereocenters. The summed E-state index contributed by atoms with van der Waals surface area (Å²) in [5, 5.41) is 8.48. The van der Waals surface area contributed by atoms with E-state index in [0.29, 0.717) is 36.8 Å². The Morgan fingerprint density at radius 2 is 1.81 bits per heavy atom. The van der Waals surface area contributed by atoms with E-state index in [9.17, 15) is 0 Å². The van der Waals surface area contributed by atoms with Gasteiger partial charge in [-0.3, -0.25) is 0 Å². The van der Waals surface area contributed by atoms with E-state index < -0.39 is 0 Å². The van der Waals surface area contributed by atoms with Gasteiger partial charge in [0, 0.05) is 18.2 Å². The van der Waals surface area contributed by atoms with Crippen LogP contribution in [0.3, 0.4) is 0 Å². The average Bonchev–Trinajstić information content (AvgIpc) is 3.28. The van der Waals surface area contributed by atoms with Crippen LogP contribution < -0.4 is 10.5 Å². The highest BCUT2D eigenvalue weighted by atomic mass is 16.5. The monoisotopic (exact) mass is 426 g/mol.